The first kappa shape index (κ1) is 10.8. The van der Waals surface area contributed by atoms with Gasteiger partial charge in [0.05, 0.1) is 0 Å². The average Bonchev–Trinajstić information content (AvgIpc) is 2.14. The topological polar surface area (TPSA) is 17.1 Å². The van der Waals surface area contributed by atoms with Gasteiger partial charge < -0.3 is 0 Å². The summed E-state index contributed by atoms with van der Waals surface area (Å²) in [4.78, 5) is 10.0. The molecule has 0 bridgehead atoms. The van der Waals surface area contributed by atoms with Crippen LogP contribution in [0, 0.1) is 5.41 Å². The standard InChI is InChI=1S/C10H9F3O/c11-10(12,13)9(7-4-8-14)5-2-1-3-6-9/h1-5,7-8H,6H2. The normalized spacial score (nSPS) is 27.1. The maximum Gasteiger partial charge on any atom is 0.401 e. The number of hydrogen-bond donors (Lipinski definition) is 0. The minimum absolute atomic E-state index is 0.155. The van der Waals surface area contributed by atoms with Crippen LogP contribution in [0.3, 0.4) is 0 Å². The number of allylic oxidation sites excluding steroid dienone is 6. The minimum Gasteiger partial charge on any atom is -0.299 e. The molecule has 1 aliphatic rings. The number of aldehydes is 1. The molecule has 0 saturated heterocycles. The smallest absolute Gasteiger partial charge is 0.299 e. The van der Waals surface area contributed by atoms with E-state index < -0.39 is 11.6 Å². The fourth-order valence-corrected chi connectivity index (χ4v) is 1.28. The third-order valence-corrected chi connectivity index (χ3v) is 2.10. The van der Waals surface area contributed by atoms with E-state index in [2.05, 4.69) is 0 Å². The average molecular weight is 202 g/mol. The third kappa shape index (κ3) is 1.95. The SMILES string of the molecule is O=CC=CC1(C(F)(F)F)C=CC=CC1. The Hall–Kier alpha value is -1.32. The zero-order valence-corrected chi connectivity index (χ0v) is 7.29. The summed E-state index contributed by atoms with van der Waals surface area (Å²) in [6.45, 7) is 0. The van der Waals surface area contributed by atoms with Gasteiger partial charge >= 0.3 is 6.18 Å². The molecule has 1 nitrogen and oxygen atoms in total. The van der Waals surface area contributed by atoms with Crippen molar-refractivity contribution in [1.82, 2.24) is 0 Å². The van der Waals surface area contributed by atoms with E-state index in [0.717, 1.165) is 18.2 Å². The number of alkyl halides is 3. The molecular formula is C10H9F3O. The largest absolute Gasteiger partial charge is 0.401 e. The number of carbonyl (C=O) groups excluding carboxylic acids is 1. The Kier molecular flexibility index (Phi) is 2.93. The van der Waals surface area contributed by atoms with Crippen LogP contribution in [-0.2, 0) is 4.79 Å². The predicted octanol–water partition coefficient (Wildman–Crippen LogP) is 2.81. The highest BCUT2D eigenvalue weighted by Crippen LogP contribution is 2.45. The van der Waals surface area contributed by atoms with Gasteiger partial charge in [0.1, 0.15) is 11.7 Å². The van der Waals surface area contributed by atoms with Crippen LogP contribution >= 0.6 is 0 Å². The molecule has 14 heavy (non-hydrogen) atoms. The van der Waals surface area contributed by atoms with Crippen LogP contribution in [0.25, 0.3) is 0 Å². The van der Waals surface area contributed by atoms with Crippen LogP contribution in [0.5, 0.6) is 0 Å². The minimum atomic E-state index is -4.37. The maximum absolute atomic E-state index is 12.7. The van der Waals surface area contributed by atoms with Gasteiger partial charge in [-0.2, -0.15) is 13.2 Å². The zero-order chi connectivity index (χ0) is 10.7. The van der Waals surface area contributed by atoms with E-state index in [1.807, 2.05) is 0 Å². The van der Waals surface area contributed by atoms with E-state index >= 15 is 0 Å². The molecule has 0 radical (unpaired) electrons. The summed E-state index contributed by atoms with van der Waals surface area (Å²) >= 11 is 0. The summed E-state index contributed by atoms with van der Waals surface area (Å²) in [5.41, 5.74) is -2.01. The molecule has 1 aliphatic carbocycles. The molecule has 0 amide bonds. The molecule has 0 aromatic heterocycles. The number of hydrogen-bond acceptors (Lipinski definition) is 1. The van der Waals surface area contributed by atoms with Crippen molar-refractivity contribution in [2.24, 2.45) is 5.41 Å². The molecule has 0 aromatic carbocycles. The van der Waals surface area contributed by atoms with Crippen molar-refractivity contribution in [2.75, 3.05) is 0 Å². The predicted molar refractivity (Wildman–Crippen MR) is 46.6 cm³/mol. The lowest BCUT2D eigenvalue weighted by Crippen LogP contribution is -2.34. The second-order valence-electron chi connectivity index (χ2n) is 3.02. The molecule has 0 saturated carbocycles. The molecule has 0 N–H and O–H groups in total. The second kappa shape index (κ2) is 3.82. The molecule has 0 fully saturated rings. The Morgan fingerprint density at radius 1 is 1.29 bits per heavy atom. The van der Waals surface area contributed by atoms with Crippen molar-refractivity contribution >= 4 is 6.29 Å². The number of halogens is 3. The molecule has 0 heterocycles. The first-order valence-electron chi connectivity index (χ1n) is 4.06. The van der Waals surface area contributed by atoms with Crippen molar-refractivity contribution in [1.29, 1.82) is 0 Å². The van der Waals surface area contributed by atoms with Gasteiger partial charge in [-0.15, -0.1) is 0 Å². The molecule has 1 rings (SSSR count). The van der Waals surface area contributed by atoms with E-state index in [4.69, 9.17) is 0 Å². The highest BCUT2D eigenvalue weighted by atomic mass is 19.4. The molecule has 1 atom stereocenters. The third-order valence-electron chi connectivity index (χ3n) is 2.10. The zero-order valence-electron chi connectivity index (χ0n) is 7.29. The Balaban J connectivity index is 3.03. The van der Waals surface area contributed by atoms with Crippen LogP contribution < -0.4 is 0 Å². The fraction of sp³-hybridized carbons (Fsp3) is 0.300. The van der Waals surface area contributed by atoms with Gasteiger partial charge in [-0.05, 0) is 12.5 Å². The summed E-state index contributed by atoms with van der Waals surface area (Å²) in [6, 6.07) is 0. The van der Waals surface area contributed by atoms with Gasteiger partial charge in [-0.25, -0.2) is 0 Å². The second-order valence-corrected chi connectivity index (χ2v) is 3.02. The van der Waals surface area contributed by atoms with E-state index in [-0.39, 0.29) is 6.42 Å². The number of carbonyl (C=O) groups is 1. The molecule has 0 spiro atoms. The highest BCUT2D eigenvalue weighted by molar-refractivity contribution is 5.65. The lowest BCUT2D eigenvalue weighted by molar-refractivity contribution is -0.188. The lowest BCUT2D eigenvalue weighted by atomic mass is 9.80. The molecular weight excluding hydrogens is 193 g/mol. The van der Waals surface area contributed by atoms with Crippen LogP contribution in [0.15, 0.2) is 36.5 Å². The lowest BCUT2D eigenvalue weighted by Gasteiger charge is -2.30. The maximum atomic E-state index is 12.7. The van der Waals surface area contributed by atoms with Gasteiger partial charge in [0.25, 0.3) is 0 Å². The van der Waals surface area contributed by atoms with E-state index in [0.29, 0.717) is 6.29 Å². The molecule has 1 unspecified atom stereocenters. The van der Waals surface area contributed by atoms with Crippen molar-refractivity contribution < 1.29 is 18.0 Å². The Morgan fingerprint density at radius 2 is 2.00 bits per heavy atom. The van der Waals surface area contributed by atoms with Crippen molar-refractivity contribution in [2.45, 2.75) is 12.6 Å². The quantitative estimate of drug-likeness (QED) is 0.497. The Morgan fingerprint density at radius 3 is 2.43 bits per heavy atom. The van der Waals surface area contributed by atoms with E-state index in [1.165, 1.54) is 12.2 Å². The van der Waals surface area contributed by atoms with Gasteiger partial charge in [-0.3, -0.25) is 4.79 Å². The summed E-state index contributed by atoms with van der Waals surface area (Å²) in [5, 5.41) is 0. The molecule has 4 heteroatoms. The monoisotopic (exact) mass is 202 g/mol. The van der Waals surface area contributed by atoms with Crippen molar-refractivity contribution in [3.8, 4) is 0 Å². The van der Waals surface area contributed by atoms with Crippen LogP contribution in [-0.4, -0.2) is 12.5 Å². The Bertz CT molecular complexity index is 299. The fourth-order valence-electron chi connectivity index (χ4n) is 1.28. The molecule has 0 aromatic rings. The summed E-state index contributed by atoms with van der Waals surface area (Å²) in [5.74, 6) is 0. The van der Waals surface area contributed by atoms with E-state index in [1.54, 1.807) is 6.08 Å². The highest BCUT2D eigenvalue weighted by Gasteiger charge is 2.50. The van der Waals surface area contributed by atoms with Crippen LogP contribution in [0.4, 0.5) is 13.2 Å². The van der Waals surface area contributed by atoms with Crippen molar-refractivity contribution in [3.05, 3.63) is 36.5 Å². The molecule has 76 valence electrons. The van der Waals surface area contributed by atoms with E-state index in [9.17, 15) is 18.0 Å². The van der Waals surface area contributed by atoms with Gasteiger partial charge in [0, 0.05) is 0 Å². The first-order chi connectivity index (χ1) is 6.52. The first-order valence-corrected chi connectivity index (χ1v) is 4.06. The Labute approximate surface area is 79.6 Å². The number of rotatable bonds is 2. The van der Waals surface area contributed by atoms with Crippen LogP contribution in [0.1, 0.15) is 6.42 Å². The summed E-state index contributed by atoms with van der Waals surface area (Å²) in [6.07, 6.45) is 2.99. The summed E-state index contributed by atoms with van der Waals surface area (Å²) < 4.78 is 38.0. The van der Waals surface area contributed by atoms with Gasteiger partial charge in [-0.1, -0.05) is 30.4 Å². The van der Waals surface area contributed by atoms with Gasteiger partial charge in [0.15, 0.2) is 0 Å². The van der Waals surface area contributed by atoms with Crippen LogP contribution in [0.2, 0.25) is 0 Å². The summed E-state index contributed by atoms with van der Waals surface area (Å²) in [7, 11) is 0. The van der Waals surface area contributed by atoms with Crippen molar-refractivity contribution in [3.63, 3.8) is 0 Å². The molecule has 0 aliphatic heterocycles. The van der Waals surface area contributed by atoms with Gasteiger partial charge in [0.2, 0.25) is 0 Å².